The monoisotopic (exact) mass is 284 g/mol. The van der Waals surface area contributed by atoms with Gasteiger partial charge in [-0.2, -0.15) is 0 Å². The fourth-order valence-corrected chi connectivity index (χ4v) is 3.68. The number of aliphatic carboxylic acids is 1. The Labute approximate surface area is 121 Å². The second-order valence-electron chi connectivity index (χ2n) is 6.20. The van der Waals surface area contributed by atoms with Gasteiger partial charge in [-0.25, -0.2) is 0 Å². The predicted molar refractivity (Wildman–Crippen MR) is 77.9 cm³/mol. The van der Waals surface area contributed by atoms with E-state index in [4.69, 9.17) is 4.74 Å². The molecule has 0 bridgehead atoms. The lowest BCUT2D eigenvalue weighted by molar-refractivity contribution is -0.147. The molecule has 2 aliphatic rings. The Morgan fingerprint density at radius 2 is 2.30 bits per heavy atom. The number of carbonyl (C=O) groups is 1. The van der Waals surface area contributed by atoms with E-state index in [9.17, 15) is 9.90 Å². The van der Waals surface area contributed by atoms with Gasteiger partial charge in [0, 0.05) is 25.7 Å². The van der Waals surface area contributed by atoms with Crippen LogP contribution in [0.3, 0.4) is 0 Å². The van der Waals surface area contributed by atoms with Crippen molar-refractivity contribution in [2.45, 2.75) is 63.6 Å². The Kier molecular flexibility index (Phi) is 5.41. The van der Waals surface area contributed by atoms with Gasteiger partial charge in [-0.15, -0.1) is 0 Å². The van der Waals surface area contributed by atoms with Crippen LogP contribution in [0.1, 0.15) is 46.0 Å². The summed E-state index contributed by atoms with van der Waals surface area (Å²) in [5.41, 5.74) is -0.728. The van der Waals surface area contributed by atoms with Crippen molar-refractivity contribution in [1.29, 1.82) is 0 Å². The molecule has 0 amide bonds. The third kappa shape index (κ3) is 3.51. The Hall–Kier alpha value is -0.650. The molecule has 1 aliphatic heterocycles. The van der Waals surface area contributed by atoms with Gasteiger partial charge in [-0.05, 0) is 45.6 Å². The minimum absolute atomic E-state index is 0.248. The lowest BCUT2D eigenvalue weighted by atomic mass is 9.78. The van der Waals surface area contributed by atoms with E-state index in [1.807, 2.05) is 6.92 Å². The van der Waals surface area contributed by atoms with Crippen molar-refractivity contribution in [3.63, 3.8) is 0 Å². The Balaban J connectivity index is 2.06. The van der Waals surface area contributed by atoms with Crippen LogP contribution in [0, 0.1) is 0 Å². The van der Waals surface area contributed by atoms with E-state index in [1.54, 1.807) is 0 Å². The standard InChI is InChI=1S/C15H28N2O3/c1-3-16-15(14(18)19)7-4-6-13(10-15)17-8-5-9-20-12(2)11-17/h12-13,16H,3-11H2,1-2H3,(H,18,19). The first-order chi connectivity index (χ1) is 9.57. The average Bonchev–Trinajstić information content (AvgIpc) is 2.64. The van der Waals surface area contributed by atoms with E-state index >= 15 is 0 Å². The molecule has 3 unspecified atom stereocenters. The molecule has 0 aromatic heterocycles. The zero-order valence-corrected chi connectivity index (χ0v) is 12.7. The van der Waals surface area contributed by atoms with Gasteiger partial charge < -0.3 is 15.2 Å². The van der Waals surface area contributed by atoms with E-state index in [0.29, 0.717) is 19.0 Å². The maximum absolute atomic E-state index is 11.7. The third-order valence-corrected chi connectivity index (χ3v) is 4.65. The minimum atomic E-state index is -0.728. The van der Waals surface area contributed by atoms with Gasteiger partial charge in [0.2, 0.25) is 0 Å². The highest BCUT2D eigenvalue weighted by Gasteiger charge is 2.43. The van der Waals surface area contributed by atoms with Gasteiger partial charge in [-0.1, -0.05) is 6.92 Å². The maximum Gasteiger partial charge on any atom is 0.323 e. The fourth-order valence-electron chi connectivity index (χ4n) is 3.68. The number of ether oxygens (including phenoxy) is 1. The van der Waals surface area contributed by atoms with Crippen molar-refractivity contribution in [2.24, 2.45) is 0 Å². The molecule has 0 aromatic rings. The van der Waals surface area contributed by atoms with E-state index in [1.165, 1.54) is 0 Å². The fraction of sp³-hybridized carbons (Fsp3) is 0.933. The van der Waals surface area contributed by atoms with Crippen molar-refractivity contribution in [2.75, 3.05) is 26.2 Å². The second-order valence-corrected chi connectivity index (χ2v) is 6.20. The van der Waals surface area contributed by atoms with Crippen molar-refractivity contribution >= 4 is 5.97 Å². The molecule has 2 rings (SSSR count). The SMILES string of the molecule is CCNC1(C(=O)O)CCCC(N2CCCOC(C)C2)C1. The van der Waals surface area contributed by atoms with Crippen LogP contribution < -0.4 is 5.32 Å². The summed E-state index contributed by atoms with van der Waals surface area (Å²) < 4.78 is 5.70. The van der Waals surface area contributed by atoms with Crippen LogP contribution in [0.2, 0.25) is 0 Å². The number of hydrogen-bond donors (Lipinski definition) is 2. The van der Waals surface area contributed by atoms with Crippen molar-refractivity contribution < 1.29 is 14.6 Å². The van der Waals surface area contributed by atoms with Gasteiger partial charge in [0.15, 0.2) is 0 Å². The Bertz CT molecular complexity index is 333. The molecular weight excluding hydrogens is 256 g/mol. The topological polar surface area (TPSA) is 61.8 Å². The highest BCUT2D eigenvalue weighted by Crippen LogP contribution is 2.32. The first-order valence-electron chi connectivity index (χ1n) is 7.91. The van der Waals surface area contributed by atoms with Crippen molar-refractivity contribution in [3.8, 4) is 0 Å². The summed E-state index contributed by atoms with van der Waals surface area (Å²) in [7, 11) is 0. The zero-order chi connectivity index (χ0) is 14.6. The van der Waals surface area contributed by atoms with Crippen molar-refractivity contribution in [3.05, 3.63) is 0 Å². The van der Waals surface area contributed by atoms with Gasteiger partial charge in [-0.3, -0.25) is 9.69 Å². The van der Waals surface area contributed by atoms with E-state index in [2.05, 4.69) is 17.1 Å². The predicted octanol–water partition coefficient (Wildman–Crippen LogP) is 1.47. The first kappa shape index (κ1) is 15.7. The lowest BCUT2D eigenvalue weighted by Gasteiger charge is -2.42. The molecule has 3 atom stereocenters. The van der Waals surface area contributed by atoms with Gasteiger partial charge in [0.1, 0.15) is 5.54 Å². The average molecular weight is 284 g/mol. The highest BCUT2D eigenvalue weighted by molar-refractivity contribution is 5.79. The second kappa shape index (κ2) is 6.87. The van der Waals surface area contributed by atoms with Crippen LogP contribution >= 0.6 is 0 Å². The molecule has 1 aliphatic carbocycles. The van der Waals surface area contributed by atoms with Crippen LogP contribution in [0.25, 0.3) is 0 Å². The molecule has 1 saturated heterocycles. The number of likely N-dealkylation sites (N-methyl/N-ethyl adjacent to an activating group) is 1. The molecular formula is C15H28N2O3. The molecule has 0 aromatic carbocycles. The maximum atomic E-state index is 11.7. The van der Waals surface area contributed by atoms with Gasteiger partial charge in [0.05, 0.1) is 6.10 Å². The minimum Gasteiger partial charge on any atom is -0.480 e. The summed E-state index contributed by atoms with van der Waals surface area (Å²) in [5.74, 6) is -0.692. The molecule has 1 heterocycles. The van der Waals surface area contributed by atoms with Gasteiger partial charge in [0.25, 0.3) is 0 Å². The molecule has 1 saturated carbocycles. The summed E-state index contributed by atoms with van der Waals surface area (Å²) in [6, 6.07) is 0.364. The Morgan fingerprint density at radius 1 is 1.50 bits per heavy atom. The Morgan fingerprint density at radius 3 is 3.00 bits per heavy atom. The lowest BCUT2D eigenvalue weighted by Crippen LogP contribution is -2.58. The highest BCUT2D eigenvalue weighted by atomic mass is 16.5. The van der Waals surface area contributed by atoms with E-state index in [0.717, 1.165) is 45.4 Å². The molecule has 0 radical (unpaired) electrons. The largest absolute Gasteiger partial charge is 0.480 e. The van der Waals surface area contributed by atoms with Crippen LogP contribution in [0.4, 0.5) is 0 Å². The van der Waals surface area contributed by atoms with Crippen LogP contribution in [0.5, 0.6) is 0 Å². The number of carboxylic acid groups (broad SMARTS) is 1. The third-order valence-electron chi connectivity index (χ3n) is 4.65. The molecule has 0 spiro atoms. The van der Waals surface area contributed by atoms with Crippen LogP contribution in [-0.4, -0.2) is 59.9 Å². The quantitative estimate of drug-likeness (QED) is 0.818. The number of nitrogens with one attached hydrogen (secondary N) is 1. The summed E-state index contributed by atoms with van der Waals surface area (Å²) in [5, 5.41) is 12.9. The summed E-state index contributed by atoms with van der Waals surface area (Å²) in [6.45, 7) is 7.57. The number of nitrogens with zero attached hydrogens (tertiary/aromatic N) is 1. The zero-order valence-electron chi connectivity index (χ0n) is 12.7. The number of rotatable bonds is 4. The first-order valence-corrected chi connectivity index (χ1v) is 7.91. The summed E-state index contributed by atoms with van der Waals surface area (Å²) in [6.07, 6.45) is 4.83. The molecule has 20 heavy (non-hydrogen) atoms. The van der Waals surface area contributed by atoms with Crippen molar-refractivity contribution in [1.82, 2.24) is 10.2 Å². The summed E-state index contributed by atoms with van der Waals surface area (Å²) >= 11 is 0. The van der Waals surface area contributed by atoms with E-state index < -0.39 is 11.5 Å². The molecule has 116 valence electrons. The molecule has 2 fully saturated rings. The molecule has 2 N–H and O–H groups in total. The van der Waals surface area contributed by atoms with Crippen LogP contribution in [0.15, 0.2) is 0 Å². The van der Waals surface area contributed by atoms with E-state index in [-0.39, 0.29) is 6.10 Å². The molecule has 5 heteroatoms. The summed E-state index contributed by atoms with van der Waals surface area (Å²) in [4.78, 5) is 14.2. The smallest absolute Gasteiger partial charge is 0.323 e. The van der Waals surface area contributed by atoms with Crippen LogP contribution in [-0.2, 0) is 9.53 Å². The molecule has 5 nitrogen and oxygen atoms in total. The number of carboxylic acids is 1. The van der Waals surface area contributed by atoms with Gasteiger partial charge >= 0.3 is 5.97 Å². The number of hydrogen-bond acceptors (Lipinski definition) is 4. The normalized spacial score (nSPS) is 36.5.